The molecule has 5 nitrogen and oxygen atoms in total. The molecule has 4 bridgehead atoms. The Kier molecular flexibility index (Phi) is 4.05. The minimum Gasteiger partial charge on any atom is -0.390 e. The molecule has 1 aromatic heterocycles. The second-order valence-electron chi connectivity index (χ2n) is 9.17. The molecule has 0 radical (unpaired) electrons. The second-order valence-corrected chi connectivity index (χ2v) is 9.17. The standard InChI is InChI=1S/C21H29N3O2/c25-20(18-3-1-2-17(23-18)14-4-6-22-7-5-14)24-19-15-8-13-9-16(19)12-21(26,10-13)11-15/h1-3,13-16,19,22,26H,4-12H2,(H,24,25). The summed E-state index contributed by atoms with van der Waals surface area (Å²) in [7, 11) is 0. The van der Waals surface area contributed by atoms with E-state index in [0.717, 1.165) is 63.7 Å². The summed E-state index contributed by atoms with van der Waals surface area (Å²) in [5.41, 5.74) is 1.15. The molecule has 0 spiro atoms. The van der Waals surface area contributed by atoms with E-state index in [1.807, 2.05) is 12.1 Å². The number of hydrogen-bond donors (Lipinski definition) is 3. The maximum absolute atomic E-state index is 12.9. The van der Waals surface area contributed by atoms with Gasteiger partial charge in [0, 0.05) is 17.7 Å². The minimum atomic E-state index is -0.453. The molecule has 2 atom stereocenters. The predicted molar refractivity (Wildman–Crippen MR) is 98.8 cm³/mol. The number of carbonyl (C=O) groups is 1. The molecule has 6 rings (SSSR count). The van der Waals surface area contributed by atoms with Crippen LogP contribution in [-0.4, -0.2) is 40.7 Å². The number of nitrogens with zero attached hydrogens (tertiary/aromatic N) is 1. The molecule has 5 fully saturated rings. The zero-order valence-electron chi connectivity index (χ0n) is 15.3. The predicted octanol–water partition coefficient (Wildman–Crippen LogP) is 2.22. The topological polar surface area (TPSA) is 74.2 Å². The van der Waals surface area contributed by atoms with Crippen molar-refractivity contribution in [2.45, 2.75) is 62.5 Å². The molecule has 5 aliphatic rings. The Morgan fingerprint density at radius 3 is 2.58 bits per heavy atom. The van der Waals surface area contributed by atoms with Crippen molar-refractivity contribution in [2.24, 2.45) is 17.8 Å². The number of aliphatic hydroxyl groups is 1. The zero-order valence-corrected chi connectivity index (χ0v) is 15.3. The molecule has 1 saturated heterocycles. The summed E-state index contributed by atoms with van der Waals surface area (Å²) in [6.07, 6.45) is 7.18. The number of hydrogen-bond acceptors (Lipinski definition) is 4. The van der Waals surface area contributed by atoms with Crippen molar-refractivity contribution in [3.05, 3.63) is 29.6 Å². The lowest BCUT2D eigenvalue weighted by Gasteiger charge is -2.58. The summed E-state index contributed by atoms with van der Waals surface area (Å²) in [6.45, 7) is 2.05. The zero-order chi connectivity index (χ0) is 17.7. The number of pyridine rings is 1. The summed E-state index contributed by atoms with van der Waals surface area (Å²) in [5, 5.41) is 17.4. The quantitative estimate of drug-likeness (QED) is 0.777. The highest BCUT2D eigenvalue weighted by molar-refractivity contribution is 5.92. The third-order valence-corrected chi connectivity index (χ3v) is 7.30. The van der Waals surface area contributed by atoms with Gasteiger partial charge in [0.15, 0.2) is 0 Å². The SMILES string of the molecule is O=C(NC1C2CC3CC1CC(O)(C3)C2)c1cccc(C2CCNCC2)n1. The summed E-state index contributed by atoms with van der Waals surface area (Å²) in [6, 6.07) is 6.08. The molecule has 3 N–H and O–H groups in total. The number of amides is 1. The van der Waals surface area contributed by atoms with Crippen molar-refractivity contribution in [2.75, 3.05) is 13.1 Å². The van der Waals surface area contributed by atoms with Crippen molar-refractivity contribution >= 4 is 5.91 Å². The fraction of sp³-hybridized carbons (Fsp3) is 0.714. The highest BCUT2D eigenvalue weighted by Crippen LogP contribution is 2.55. The normalized spacial score (nSPS) is 39.1. The van der Waals surface area contributed by atoms with Crippen LogP contribution in [0.2, 0.25) is 0 Å². The third-order valence-electron chi connectivity index (χ3n) is 7.30. The smallest absolute Gasteiger partial charge is 0.270 e. The van der Waals surface area contributed by atoms with Gasteiger partial charge in [-0.3, -0.25) is 4.79 Å². The second kappa shape index (κ2) is 6.31. The van der Waals surface area contributed by atoms with Gasteiger partial charge in [-0.1, -0.05) is 6.07 Å². The molecule has 5 heteroatoms. The molecule has 140 valence electrons. The first-order chi connectivity index (χ1) is 12.6. The van der Waals surface area contributed by atoms with Gasteiger partial charge >= 0.3 is 0 Å². The van der Waals surface area contributed by atoms with Crippen LogP contribution in [0.3, 0.4) is 0 Å². The lowest BCUT2D eigenvalue weighted by molar-refractivity contribution is -0.136. The van der Waals surface area contributed by atoms with E-state index in [0.29, 0.717) is 29.4 Å². The Morgan fingerprint density at radius 1 is 1.15 bits per heavy atom. The van der Waals surface area contributed by atoms with Crippen molar-refractivity contribution in [3.8, 4) is 0 Å². The van der Waals surface area contributed by atoms with E-state index in [1.54, 1.807) is 0 Å². The fourth-order valence-corrected chi connectivity index (χ4v) is 6.37. The van der Waals surface area contributed by atoms with Crippen LogP contribution in [0.4, 0.5) is 0 Å². The van der Waals surface area contributed by atoms with Gasteiger partial charge in [0.25, 0.3) is 5.91 Å². The van der Waals surface area contributed by atoms with Crippen LogP contribution in [0, 0.1) is 17.8 Å². The van der Waals surface area contributed by atoms with Gasteiger partial charge in [0.1, 0.15) is 5.69 Å². The Morgan fingerprint density at radius 2 is 1.88 bits per heavy atom. The molecule has 1 aromatic rings. The average Bonchev–Trinajstić information content (AvgIpc) is 2.64. The number of aromatic nitrogens is 1. The lowest BCUT2D eigenvalue weighted by Crippen LogP contribution is -2.61. The number of rotatable bonds is 3. The van der Waals surface area contributed by atoms with E-state index in [2.05, 4.69) is 16.7 Å². The first-order valence-electron chi connectivity index (χ1n) is 10.3. The molecule has 1 aliphatic heterocycles. The molecule has 2 heterocycles. The van der Waals surface area contributed by atoms with Crippen LogP contribution in [-0.2, 0) is 0 Å². The van der Waals surface area contributed by atoms with Gasteiger partial charge in [-0.15, -0.1) is 0 Å². The molecule has 2 unspecified atom stereocenters. The number of nitrogens with one attached hydrogen (secondary N) is 2. The van der Waals surface area contributed by atoms with Crippen molar-refractivity contribution in [3.63, 3.8) is 0 Å². The molecule has 4 aliphatic carbocycles. The largest absolute Gasteiger partial charge is 0.390 e. The van der Waals surface area contributed by atoms with E-state index in [1.165, 1.54) is 0 Å². The maximum Gasteiger partial charge on any atom is 0.270 e. The Labute approximate surface area is 155 Å². The van der Waals surface area contributed by atoms with Crippen LogP contribution in [0.25, 0.3) is 0 Å². The molecule has 0 aromatic carbocycles. The minimum absolute atomic E-state index is 0.0368. The van der Waals surface area contributed by atoms with Gasteiger partial charge in [-0.2, -0.15) is 0 Å². The number of piperidine rings is 1. The van der Waals surface area contributed by atoms with E-state index < -0.39 is 5.60 Å². The van der Waals surface area contributed by atoms with Crippen molar-refractivity contribution < 1.29 is 9.90 Å². The van der Waals surface area contributed by atoms with Crippen molar-refractivity contribution in [1.29, 1.82) is 0 Å². The summed E-state index contributed by atoms with van der Waals surface area (Å²) >= 11 is 0. The Balaban J connectivity index is 1.30. The van der Waals surface area contributed by atoms with Crippen LogP contribution < -0.4 is 10.6 Å². The summed E-state index contributed by atoms with van der Waals surface area (Å²) < 4.78 is 0. The third kappa shape index (κ3) is 2.95. The molecular formula is C21H29N3O2. The molecular weight excluding hydrogens is 326 g/mol. The monoisotopic (exact) mass is 355 g/mol. The van der Waals surface area contributed by atoms with E-state index in [9.17, 15) is 9.90 Å². The van der Waals surface area contributed by atoms with E-state index >= 15 is 0 Å². The Hall–Kier alpha value is -1.46. The number of carbonyl (C=O) groups excluding carboxylic acids is 1. The maximum atomic E-state index is 12.9. The van der Waals surface area contributed by atoms with E-state index in [4.69, 9.17) is 4.98 Å². The highest BCUT2D eigenvalue weighted by atomic mass is 16.3. The van der Waals surface area contributed by atoms with Gasteiger partial charge < -0.3 is 15.7 Å². The first kappa shape index (κ1) is 16.7. The van der Waals surface area contributed by atoms with Gasteiger partial charge in [0.2, 0.25) is 0 Å². The van der Waals surface area contributed by atoms with Gasteiger partial charge in [-0.25, -0.2) is 4.98 Å². The molecule has 26 heavy (non-hydrogen) atoms. The molecule has 1 amide bonds. The first-order valence-corrected chi connectivity index (χ1v) is 10.3. The Bertz CT molecular complexity index is 684. The van der Waals surface area contributed by atoms with Crippen LogP contribution >= 0.6 is 0 Å². The average molecular weight is 355 g/mol. The lowest BCUT2D eigenvalue weighted by atomic mass is 9.52. The summed E-state index contributed by atoms with van der Waals surface area (Å²) in [5.74, 6) is 1.95. The van der Waals surface area contributed by atoms with Gasteiger partial charge in [-0.05, 0) is 87.9 Å². The van der Waals surface area contributed by atoms with Crippen LogP contribution in [0.1, 0.15) is 67.0 Å². The van der Waals surface area contributed by atoms with Crippen molar-refractivity contribution in [1.82, 2.24) is 15.6 Å². The molecule has 4 saturated carbocycles. The summed E-state index contributed by atoms with van der Waals surface area (Å²) in [4.78, 5) is 17.6. The fourth-order valence-electron chi connectivity index (χ4n) is 6.37. The van der Waals surface area contributed by atoms with Gasteiger partial charge in [0.05, 0.1) is 5.60 Å². The van der Waals surface area contributed by atoms with Crippen LogP contribution in [0.5, 0.6) is 0 Å². The highest BCUT2D eigenvalue weighted by Gasteiger charge is 2.55. The van der Waals surface area contributed by atoms with Crippen LogP contribution in [0.15, 0.2) is 18.2 Å². The van der Waals surface area contributed by atoms with E-state index in [-0.39, 0.29) is 11.9 Å².